The lowest BCUT2D eigenvalue weighted by molar-refractivity contribution is 0.609. The Labute approximate surface area is 193 Å². The molecule has 0 nitrogen and oxygen atoms in total. The van der Waals surface area contributed by atoms with Crippen LogP contribution in [-0.4, -0.2) is 0 Å². The van der Waals surface area contributed by atoms with Gasteiger partial charge in [-0.05, 0) is 90.6 Å². The zero-order valence-corrected chi connectivity index (χ0v) is 20.9. The second kappa shape index (κ2) is 8.56. The van der Waals surface area contributed by atoms with E-state index in [9.17, 15) is 0 Å². The highest BCUT2D eigenvalue weighted by atomic mass is 32.1. The normalized spacial score (nSPS) is 12.1. The molecule has 5 rings (SSSR count). The van der Waals surface area contributed by atoms with Gasteiger partial charge >= 0.3 is 0 Å². The van der Waals surface area contributed by atoms with Gasteiger partial charge in [-0.3, -0.25) is 0 Å². The molecule has 0 radical (unpaired) electrons. The monoisotopic (exact) mass is 444 g/mol. The first-order valence-corrected chi connectivity index (χ1v) is 13.5. The van der Waals surface area contributed by atoms with Crippen LogP contribution in [0, 0.1) is 20.8 Å². The molecule has 160 valence electrons. The van der Waals surface area contributed by atoms with E-state index in [-0.39, 0.29) is 0 Å². The Hall–Kier alpha value is -1.90. The van der Waals surface area contributed by atoms with Crippen LogP contribution < -0.4 is 0 Å². The summed E-state index contributed by atoms with van der Waals surface area (Å²) in [4.78, 5) is 2.95. The Kier molecular flexibility index (Phi) is 5.79. The van der Waals surface area contributed by atoms with Crippen LogP contribution >= 0.6 is 22.7 Å². The van der Waals surface area contributed by atoms with Crippen LogP contribution in [0.3, 0.4) is 0 Å². The van der Waals surface area contributed by atoms with E-state index in [1.165, 1.54) is 103 Å². The summed E-state index contributed by atoms with van der Waals surface area (Å²) in [6.07, 6.45) is 9.43. The van der Waals surface area contributed by atoms with Crippen molar-refractivity contribution in [3.8, 4) is 0 Å². The molecule has 0 amide bonds. The molecule has 0 saturated heterocycles. The molecule has 0 unspecified atom stereocenters. The first-order valence-electron chi connectivity index (χ1n) is 11.8. The fourth-order valence-corrected chi connectivity index (χ4v) is 7.31. The summed E-state index contributed by atoms with van der Waals surface area (Å²) in [5.41, 5.74) is 2.83. The quantitative estimate of drug-likeness (QED) is 0.173. The minimum Gasteiger partial charge on any atom is -0.140 e. The molecule has 2 heteroatoms. The number of hydrogen-bond acceptors (Lipinski definition) is 2. The Morgan fingerprint density at radius 1 is 0.581 bits per heavy atom. The smallest absolute Gasteiger partial charge is 0.0381 e. The van der Waals surface area contributed by atoms with E-state index in [1.807, 2.05) is 22.7 Å². The molecule has 0 saturated carbocycles. The van der Waals surface area contributed by atoms with Gasteiger partial charge in [0.05, 0.1) is 0 Å². The number of unbranched alkanes of at least 4 members (excludes halogenated alkanes) is 5. The molecule has 3 aromatic carbocycles. The van der Waals surface area contributed by atoms with Gasteiger partial charge in [0.25, 0.3) is 0 Å². The van der Waals surface area contributed by atoms with E-state index in [0.717, 1.165) is 0 Å². The largest absolute Gasteiger partial charge is 0.140 e. The summed E-state index contributed by atoms with van der Waals surface area (Å²) in [5, 5.41) is 8.53. The summed E-state index contributed by atoms with van der Waals surface area (Å²) in [6.45, 7) is 9.08. The highest BCUT2D eigenvalue weighted by molar-refractivity contribution is 7.19. The summed E-state index contributed by atoms with van der Waals surface area (Å²) in [7, 11) is 0. The van der Waals surface area contributed by atoms with Crippen LogP contribution in [-0.2, 0) is 6.42 Å². The van der Waals surface area contributed by atoms with Gasteiger partial charge in [-0.25, -0.2) is 0 Å². The third-order valence-electron chi connectivity index (χ3n) is 6.72. The number of thiophene rings is 2. The van der Waals surface area contributed by atoms with Gasteiger partial charge in [-0.15, -0.1) is 22.7 Å². The van der Waals surface area contributed by atoms with Crippen molar-refractivity contribution >= 4 is 64.4 Å². The van der Waals surface area contributed by atoms with Crippen molar-refractivity contribution < 1.29 is 0 Å². The van der Waals surface area contributed by atoms with Crippen LogP contribution in [0.4, 0.5) is 0 Å². The first kappa shape index (κ1) is 21.0. The van der Waals surface area contributed by atoms with Gasteiger partial charge in [0.1, 0.15) is 0 Å². The molecule has 31 heavy (non-hydrogen) atoms. The number of benzene rings is 3. The molecular weight excluding hydrogens is 412 g/mol. The molecule has 2 aromatic heterocycles. The maximum absolute atomic E-state index is 2.49. The Bertz CT molecular complexity index is 1400. The highest BCUT2D eigenvalue weighted by Crippen LogP contribution is 2.41. The lowest BCUT2D eigenvalue weighted by Gasteiger charge is -2.10. The standard InChI is InChI=1S/C29H32S2/c1-5-6-7-8-9-10-11-21-17-27-23-13-12-22-24(25(23)15-19(3)29(27)31-21)14-18(2)28-26(22)16-20(4)30-28/h12-17H,5-11H2,1-4H3. The molecule has 2 heterocycles. The van der Waals surface area contributed by atoms with Gasteiger partial charge in [-0.2, -0.15) is 0 Å². The van der Waals surface area contributed by atoms with Crippen LogP contribution in [0.1, 0.15) is 66.3 Å². The van der Waals surface area contributed by atoms with E-state index in [0.29, 0.717) is 0 Å². The second-order valence-electron chi connectivity index (χ2n) is 9.22. The Morgan fingerprint density at radius 2 is 1.16 bits per heavy atom. The topological polar surface area (TPSA) is 0 Å². The number of rotatable bonds is 7. The molecule has 0 bridgehead atoms. The third kappa shape index (κ3) is 3.79. The van der Waals surface area contributed by atoms with E-state index in [4.69, 9.17) is 0 Å². The maximum Gasteiger partial charge on any atom is 0.0381 e. The molecule has 0 aliphatic rings. The van der Waals surface area contributed by atoms with Crippen LogP contribution in [0.5, 0.6) is 0 Å². The Morgan fingerprint density at radius 3 is 1.84 bits per heavy atom. The average molecular weight is 445 g/mol. The molecule has 0 fully saturated rings. The van der Waals surface area contributed by atoms with E-state index >= 15 is 0 Å². The molecule has 0 atom stereocenters. The van der Waals surface area contributed by atoms with Gasteiger partial charge in [-0.1, -0.05) is 51.2 Å². The SMILES string of the molecule is CCCCCCCCc1cc2c(s1)c(C)cc1c2ccc2c3cc(C)sc3c(C)cc21. The van der Waals surface area contributed by atoms with Crippen molar-refractivity contribution in [2.45, 2.75) is 72.6 Å². The molecule has 0 aliphatic heterocycles. The summed E-state index contributed by atoms with van der Waals surface area (Å²) >= 11 is 3.95. The van der Waals surface area contributed by atoms with E-state index in [1.54, 1.807) is 4.88 Å². The van der Waals surface area contributed by atoms with Crippen molar-refractivity contribution in [1.29, 1.82) is 0 Å². The predicted molar refractivity (Wildman–Crippen MR) is 144 cm³/mol. The fraction of sp³-hybridized carbons (Fsp3) is 0.379. The Balaban J connectivity index is 1.58. The van der Waals surface area contributed by atoms with Crippen molar-refractivity contribution in [3.63, 3.8) is 0 Å². The first-order chi connectivity index (χ1) is 15.1. The molecule has 5 aromatic rings. The number of aryl methyl sites for hydroxylation is 4. The van der Waals surface area contributed by atoms with Crippen molar-refractivity contribution in [3.05, 3.63) is 57.3 Å². The summed E-state index contributed by atoms with van der Waals surface area (Å²) < 4.78 is 2.93. The molecule has 0 N–H and O–H groups in total. The lowest BCUT2D eigenvalue weighted by atomic mass is 9.95. The average Bonchev–Trinajstić information content (AvgIpc) is 3.35. The van der Waals surface area contributed by atoms with Crippen molar-refractivity contribution in [2.24, 2.45) is 0 Å². The minimum absolute atomic E-state index is 1.23. The predicted octanol–water partition coefficient (Wildman–Crippen LogP) is 10.3. The van der Waals surface area contributed by atoms with Gasteiger partial charge in [0.2, 0.25) is 0 Å². The van der Waals surface area contributed by atoms with Crippen LogP contribution in [0.15, 0.2) is 36.4 Å². The molecule has 0 aliphatic carbocycles. The van der Waals surface area contributed by atoms with Crippen LogP contribution in [0.25, 0.3) is 41.7 Å². The summed E-state index contributed by atoms with van der Waals surface area (Å²) in [5.74, 6) is 0. The van der Waals surface area contributed by atoms with E-state index < -0.39 is 0 Å². The lowest BCUT2D eigenvalue weighted by Crippen LogP contribution is -1.84. The molecular formula is C29H32S2. The third-order valence-corrected chi connectivity index (χ3v) is 9.24. The van der Waals surface area contributed by atoms with Gasteiger partial charge in [0.15, 0.2) is 0 Å². The number of hydrogen-bond donors (Lipinski definition) is 0. The van der Waals surface area contributed by atoms with Crippen molar-refractivity contribution in [1.82, 2.24) is 0 Å². The minimum atomic E-state index is 1.23. The number of fused-ring (bicyclic) bond motifs is 7. The maximum atomic E-state index is 2.49. The van der Waals surface area contributed by atoms with Crippen molar-refractivity contribution in [2.75, 3.05) is 0 Å². The zero-order valence-electron chi connectivity index (χ0n) is 19.2. The van der Waals surface area contributed by atoms with E-state index in [2.05, 4.69) is 64.1 Å². The second-order valence-corrected chi connectivity index (χ2v) is 11.6. The van der Waals surface area contributed by atoms with Gasteiger partial charge in [0, 0.05) is 29.9 Å². The summed E-state index contributed by atoms with van der Waals surface area (Å²) in [6, 6.07) is 14.5. The zero-order chi connectivity index (χ0) is 21.5. The fourth-order valence-electron chi connectivity index (χ4n) is 5.13. The van der Waals surface area contributed by atoms with Crippen LogP contribution in [0.2, 0.25) is 0 Å². The van der Waals surface area contributed by atoms with Gasteiger partial charge < -0.3 is 0 Å². The highest BCUT2D eigenvalue weighted by Gasteiger charge is 2.14. The molecule has 0 spiro atoms.